The van der Waals surface area contributed by atoms with E-state index in [9.17, 15) is 4.79 Å². The standard InChI is InChI=1S/C29H28ClN5O/c1-33-14-16-34(17-15-33)28-19-27-22(18-24(28)30)12-13-35(27)29(36)31-23-9-6-21(7-10-23)26-11-8-20-4-2-3-5-25(20)32-26/h2-11,18-19H,12-17H2,1H3,(H,31,36). The minimum absolute atomic E-state index is 0.128. The van der Waals surface area contributed by atoms with Gasteiger partial charge in [0.05, 0.1) is 27.6 Å². The van der Waals surface area contributed by atoms with Crippen molar-refractivity contribution >= 4 is 45.6 Å². The van der Waals surface area contributed by atoms with E-state index >= 15 is 0 Å². The van der Waals surface area contributed by atoms with Gasteiger partial charge in [-0.05, 0) is 55.4 Å². The number of urea groups is 1. The first-order valence-electron chi connectivity index (χ1n) is 12.4. The molecule has 36 heavy (non-hydrogen) atoms. The molecule has 0 atom stereocenters. The minimum Gasteiger partial charge on any atom is -0.368 e. The molecule has 0 bridgehead atoms. The summed E-state index contributed by atoms with van der Waals surface area (Å²) in [6.07, 6.45) is 0.804. The van der Waals surface area contributed by atoms with Crippen LogP contribution in [0, 0.1) is 0 Å². The van der Waals surface area contributed by atoms with Gasteiger partial charge in [-0.15, -0.1) is 0 Å². The molecule has 0 radical (unpaired) electrons. The van der Waals surface area contributed by atoms with Crippen LogP contribution >= 0.6 is 11.6 Å². The molecule has 6 nitrogen and oxygen atoms in total. The van der Waals surface area contributed by atoms with Crippen molar-refractivity contribution in [1.29, 1.82) is 0 Å². The Hall–Kier alpha value is -3.61. The van der Waals surface area contributed by atoms with E-state index < -0.39 is 0 Å². The van der Waals surface area contributed by atoms with E-state index in [-0.39, 0.29) is 6.03 Å². The highest BCUT2D eigenvalue weighted by atomic mass is 35.5. The zero-order chi connectivity index (χ0) is 24.6. The summed E-state index contributed by atoms with van der Waals surface area (Å²) in [4.78, 5) is 24.5. The number of likely N-dealkylation sites (N-methyl/N-ethyl adjacent to an activating group) is 1. The number of piperazine rings is 1. The number of anilines is 3. The Morgan fingerprint density at radius 2 is 1.67 bits per heavy atom. The lowest BCUT2D eigenvalue weighted by Gasteiger charge is -2.35. The van der Waals surface area contributed by atoms with E-state index in [1.165, 1.54) is 0 Å². The van der Waals surface area contributed by atoms with Gasteiger partial charge < -0.3 is 15.1 Å². The number of fused-ring (bicyclic) bond motifs is 2. The van der Waals surface area contributed by atoms with Crippen LogP contribution in [0.1, 0.15) is 5.56 Å². The lowest BCUT2D eigenvalue weighted by Crippen LogP contribution is -2.44. The SMILES string of the molecule is CN1CCN(c2cc3c(cc2Cl)CCN3C(=O)Nc2ccc(-c3ccc4ccccc4n3)cc2)CC1. The van der Waals surface area contributed by atoms with Crippen LogP contribution in [0.2, 0.25) is 5.02 Å². The topological polar surface area (TPSA) is 51.7 Å². The van der Waals surface area contributed by atoms with Gasteiger partial charge in [0.15, 0.2) is 0 Å². The zero-order valence-corrected chi connectivity index (χ0v) is 21.0. The van der Waals surface area contributed by atoms with E-state index in [1.807, 2.05) is 59.5 Å². The number of amides is 2. The van der Waals surface area contributed by atoms with Gasteiger partial charge in [-0.3, -0.25) is 4.90 Å². The summed E-state index contributed by atoms with van der Waals surface area (Å²) in [5.41, 5.74) is 6.72. The molecule has 0 saturated carbocycles. The average Bonchev–Trinajstić information content (AvgIpc) is 3.32. The highest BCUT2D eigenvalue weighted by molar-refractivity contribution is 6.33. The molecule has 0 aliphatic carbocycles. The second-order valence-electron chi connectivity index (χ2n) is 9.52. The maximum Gasteiger partial charge on any atom is 0.326 e. The van der Waals surface area contributed by atoms with Gasteiger partial charge >= 0.3 is 6.03 Å². The molecule has 182 valence electrons. The Morgan fingerprint density at radius 1 is 0.889 bits per heavy atom. The van der Waals surface area contributed by atoms with Crippen LogP contribution in [0.25, 0.3) is 22.2 Å². The number of para-hydroxylation sites is 1. The maximum atomic E-state index is 13.2. The number of nitrogens with one attached hydrogen (secondary N) is 1. The highest BCUT2D eigenvalue weighted by Gasteiger charge is 2.28. The van der Waals surface area contributed by atoms with Gasteiger partial charge in [-0.1, -0.05) is 48.0 Å². The monoisotopic (exact) mass is 497 g/mol. The number of nitrogens with zero attached hydrogens (tertiary/aromatic N) is 4. The summed E-state index contributed by atoms with van der Waals surface area (Å²) in [6, 6.07) is 24.0. The lowest BCUT2D eigenvalue weighted by molar-refractivity contribution is 0.257. The predicted molar refractivity (Wildman–Crippen MR) is 148 cm³/mol. The average molecular weight is 498 g/mol. The number of carbonyl (C=O) groups is 1. The normalized spacial score (nSPS) is 15.8. The number of pyridine rings is 1. The van der Waals surface area contributed by atoms with Crippen LogP contribution in [0.15, 0.2) is 72.8 Å². The fraction of sp³-hybridized carbons (Fsp3) is 0.241. The lowest BCUT2D eigenvalue weighted by atomic mass is 10.1. The third kappa shape index (κ3) is 4.38. The van der Waals surface area contributed by atoms with Crippen molar-refractivity contribution in [2.75, 3.05) is 54.9 Å². The number of hydrogen-bond acceptors (Lipinski definition) is 4. The molecule has 3 aromatic carbocycles. The summed E-state index contributed by atoms with van der Waals surface area (Å²) < 4.78 is 0. The van der Waals surface area contributed by atoms with Crippen LogP contribution < -0.4 is 15.1 Å². The summed E-state index contributed by atoms with van der Waals surface area (Å²) in [5, 5.41) is 4.95. The molecule has 0 unspecified atom stereocenters. The first kappa shape index (κ1) is 22.8. The highest BCUT2D eigenvalue weighted by Crippen LogP contribution is 2.38. The number of aromatic nitrogens is 1. The first-order valence-corrected chi connectivity index (χ1v) is 12.7. The number of hydrogen-bond donors (Lipinski definition) is 1. The summed E-state index contributed by atoms with van der Waals surface area (Å²) in [6.45, 7) is 4.51. The molecule has 2 amide bonds. The molecule has 1 N–H and O–H groups in total. The largest absolute Gasteiger partial charge is 0.368 e. The number of rotatable bonds is 3. The Bertz CT molecular complexity index is 1430. The Morgan fingerprint density at radius 3 is 2.47 bits per heavy atom. The van der Waals surface area contributed by atoms with Crippen LogP contribution in [0.4, 0.5) is 21.9 Å². The van der Waals surface area contributed by atoms with Gasteiger partial charge in [0.1, 0.15) is 0 Å². The fourth-order valence-corrected chi connectivity index (χ4v) is 5.34. The van der Waals surface area contributed by atoms with Crippen molar-refractivity contribution in [3.8, 4) is 11.3 Å². The van der Waals surface area contributed by atoms with Crippen molar-refractivity contribution in [2.45, 2.75) is 6.42 Å². The first-order chi connectivity index (χ1) is 17.5. The van der Waals surface area contributed by atoms with Crippen molar-refractivity contribution < 1.29 is 4.79 Å². The van der Waals surface area contributed by atoms with Crippen molar-refractivity contribution in [2.24, 2.45) is 0 Å². The molecular weight excluding hydrogens is 470 g/mol. The van der Waals surface area contributed by atoms with Crippen LogP contribution in [-0.4, -0.2) is 55.7 Å². The van der Waals surface area contributed by atoms with Crippen LogP contribution in [0.3, 0.4) is 0 Å². The molecule has 2 aliphatic rings. The van der Waals surface area contributed by atoms with Gasteiger partial charge in [0.2, 0.25) is 0 Å². The smallest absolute Gasteiger partial charge is 0.326 e. The van der Waals surface area contributed by atoms with E-state index in [4.69, 9.17) is 16.6 Å². The maximum absolute atomic E-state index is 13.2. The second-order valence-corrected chi connectivity index (χ2v) is 9.93. The van der Waals surface area contributed by atoms with Crippen molar-refractivity contribution in [3.63, 3.8) is 0 Å². The molecule has 2 aliphatic heterocycles. The predicted octanol–water partition coefficient (Wildman–Crippen LogP) is 5.90. The Labute approximate surface area is 216 Å². The number of halogens is 1. The van der Waals surface area contributed by atoms with Gasteiger partial charge in [-0.25, -0.2) is 9.78 Å². The van der Waals surface area contributed by atoms with Crippen molar-refractivity contribution in [1.82, 2.24) is 9.88 Å². The number of carbonyl (C=O) groups excluding carboxylic acids is 1. The molecule has 3 heterocycles. The van der Waals surface area contributed by atoms with Gasteiger partial charge in [0.25, 0.3) is 0 Å². The molecular formula is C29H28ClN5O. The molecule has 0 spiro atoms. The summed E-state index contributed by atoms with van der Waals surface area (Å²) in [7, 11) is 2.14. The second kappa shape index (κ2) is 9.45. The zero-order valence-electron chi connectivity index (χ0n) is 20.2. The molecule has 7 heteroatoms. The minimum atomic E-state index is -0.128. The van der Waals surface area contributed by atoms with E-state index in [2.05, 4.69) is 40.4 Å². The molecule has 6 rings (SSSR count). The molecule has 4 aromatic rings. The van der Waals surface area contributed by atoms with E-state index in [0.717, 1.165) is 82.4 Å². The third-order valence-electron chi connectivity index (χ3n) is 7.16. The summed E-state index contributed by atoms with van der Waals surface area (Å²) >= 11 is 6.65. The summed E-state index contributed by atoms with van der Waals surface area (Å²) in [5.74, 6) is 0. The van der Waals surface area contributed by atoms with E-state index in [0.29, 0.717) is 6.54 Å². The molecule has 1 aromatic heterocycles. The van der Waals surface area contributed by atoms with Gasteiger partial charge in [0, 0.05) is 49.4 Å². The Kier molecular flexibility index (Phi) is 5.99. The van der Waals surface area contributed by atoms with Gasteiger partial charge in [-0.2, -0.15) is 0 Å². The fourth-order valence-electron chi connectivity index (χ4n) is 5.04. The van der Waals surface area contributed by atoms with E-state index in [1.54, 1.807) is 0 Å². The molecule has 1 saturated heterocycles. The number of benzene rings is 3. The quantitative estimate of drug-likeness (QED) is 0.383. The Balaban J connectivity index is 1.18. The third-order valence-corrected chi connectivity index (χ3v) is 7.47. The molecule has 1 fully saturated rings. The van der Waals surface area contributed by atoms with Crippen molar-refractivity contribution in [3.05, 3.63) is 83.4 Å². The van der Waals surface area contributed by atoms with Crippen LogP contribution in [0.5, 0.6) is 0 Å². The van der Waals surface area contributed by atoms with Crippen LogP contribution in [-0.2, 0) is 6.42 Å².